The largest absolute Gasteiger partial charge is 0.492 e. The average Bonchev–Trinajstić information content (AvgIpc) is 2.17. The topological polar surface area (TPSA) is 57.1 Å². The van der Waals surface area contributed by atoms with Crippen LogP contribution >= 0.6 is 11.8 Å². The number of hydrogen-bond donors (Lipinski definition) is 1. The van der Waals surface area contributed by atoms with Crippen LogP contribution < -0.4 is 10.9 Å². The molecule has 0 amide bonds. The fourth-order valence-corrected chi connectivity index (χ4v) is 1.63. The molecule has 1 heterocycles. The summed E-state index contributed by atoms with van der Waals surface area (Å²) in [5, 5.41) is 0. The Balaban J connectivity index is 0.00000169. The number of thioether (sulfide) groups is 1. The highest BCUT2D eigenvalue weighted by Crippen LogP contribution is 2.20. The second kappa shape index (κ2) is 7.64. The summed E-state index contributed by atoms with van der Waals surface area (Å²) < 4.78 is 5.46. The van der Waals surface area contributed by atoms with Crippen LogP contribution in [-0.4, -0.2) is 17.3 Å². The Morgan fingerprint density at radius 2 is 2.21 bits per heavy atom. The van der Waals surface area contributed by atoms with Gasteiger partial charge in [-0.05, 0) is 24.8 Å². The molecule has 80 valence electrons. The van der Waals surface area contributed by atoms with E-state index in [9.17, 15) is 0 Å². The minimum absolute atomic E-state index is 0. The van der Waals surface area contributed by atoms with Crippen molar-refractivity contribution in [2.75, 3.05) is 12.4 Å². The third-order valence-corrected chi connectivity index (χ3v) is 2.48. The molecule has 3 N–H and O–H groups in total. The molecule has 4 heteroatoms. The van der Waals surface area contributed by atoms with Crippen LogP contribution in [0.15, 0.2) is 18.3 Å². The molecule has 1 aromatic heterocycles. The highest BCUT2D eigenvalue weighted by atomic mass is 32.2. The monoisotopic (exact) mass is 214 g/mol. The average molecular weight is 214 g/mol. The van der Waals surface area contributed by atoms with E-state index in [1.165, 1.54) is 0 Å². The Hall–Kier alpha value is -0.740. The Kier molecular flexibility index (Phi) is 7.24. The van der Waals surface area contributed by atoms with Crippen LogP contribution in [0.4, 0.5) is 0 Å². The molecule has 3 nitrogen and oxygen atoms in total. The predicted molar refractivity (Wildman–Crippen MR) is 62.3 cm³/mol. The predicted octanol–water partition coefficient (Wildman–Crippen LogP) is 2.90. The van der Waals surface area contributed by atoms with E-state index in [1.54, 1.807) is 0 Å². The number of hydrogen-bond acceptors (Lipinski definition) is 4. The van der Waals surface area contributed by atoms with E-state index in [0.29, 0.717) is 6.61 Å². The molecule has 0 aliphatic heterocycles. The maximum atomic E-state index is 5.46. The molecular formula is C10H18N2OS. The SMILES string of the molecule is CCOc1cccnc1CSCC.N. The van der Waals surface area contributed by atoms with Crippen molar-refractivity contribution in [2.45, 2.75) is 19.6 Å². The first kappa shape index (κ1) is 13.3. The van der Waals surface area contributed by atoms with Crippen molar-refractivity contribution in [3.05, 3.63) is 24.0 Å². The first-order chi connectivity index (χ1) is 6.38. The third-order valence-electron chi connectivity index (χ3n) is 1.59. The van der Waals surface area contributed by atoms with Gasteiger partial charge in [-0.3, -0.25) is 4.98 Å². The number of nitrogens with zero attached hydrogens (tertiary/aromatic N) is 1. The van der Waals surface area contributed by atoms with Crippen molar-refractivity contribution < 1.29 is 4.74 Å². The summed E-state index contributed by atoms with van der Waals surface area (Å²) in [5.41, 5.74) is 1.05. The zero-order valence-electron chi connectivity index (χ0n) is 8.82. The smallest absolute Gasteiger partial charge is 0.141 e. The lowest BCUT2D eigenvalue weighted by atomic mass is 10.3. The van der Waals surface area contributed by atoms with Gasteiger partial charge in [-0.1, -0.05) is 6.92 Å². The number of aromatic nitrogens is 1. The standard InChI is InChI=1S/C10H15NOS.H3N/c1-3-12-10-6-5-7-11-9(10)8-13-4-2;/h5-7H,3-4,8H2,1-2H3;1H3. The van der Waals surface area contributed by atoms with Gasteiger partial charge in [0.05, 0.1) is 12.3 Å². The first-order valence-corrected chi connectivity index (χ1v) is 5.68. The van der Waals surface area contributed by atoms with Crippen molar-refractivity contribution >= 4 is 11.8 Å². The maximum absolute atomic E-state index is 5.46. The van der Waals surface area contributed by atoms with Gasteiger partial charge in [0.25, 0.3) is 0 Å². The highest BCUT2D eigenvalue weighted by Gasteiger charge is 2.02. The van der Waals surface area contributed by atoms with Crippen LogP contribution in [-0.2, 0) is 5.75 Å². The zero-order chi connectivity index (χ0) is 9.52. The Morgan fingerprint density at radius 3 is 2.86 bits per heavy atom. The van der Waals surface area contributed by atoms with Gasteiger partial charge in [-0.2, -0.15) is 11.8 Å². The van der Waals surface area contributed by atoms with Gasteiger partial charge in [-0.25, -0.2) is 0 Å². The first-order valence-electron chi connectivity index (χ1n) is 4.53. The van der Waals surface area contributed by atoms with Crippen LogP contribution in [0.3, 0.4) is 0 Å². The molecule has 0 atom stereocenters. The Morgan fingerprint density at radius 1 is 1.43 bits per heavy atom. The maximum Gasteiger partial charge on any atom is 0.141 e. The summed E-state index contributed by atoms with van der Waals surface area (Å²) in [6.45, 7) is 4.84. The second-order valence-electron chi connectivity index (χ2n) is 2.52. The van der Waals surface area contributed by atoms with Gasteiger partial charge < -0.3 is 10.9 Å². The van der Waals surface area contributed by atoms with Crippen LogP contribution in [0, 0.1) is 0 Å². The molecule has 0 unspecified atom stereocenters. The Bertz CT molecular complexity index is 256. The summed E-state index contributed by atoms with van der Waals surface area (Å²) in [4.78, 5) is 4.29. The van der Waals surface area contributed by atoms with Crippen LogP contribution in [0.1, 0.15) is 19.5 Å². The van der Waals surface area contributed by atoms with Crippen LogP contribution in [0.25, 0.3) is 0 Å². The zero-order valence-corrected chi connectivity index (χ0v) is 9.64. The van der Waals surface area contributed by atoms with Gasteiger partial charge in [0, 0.05) is 11.9 Å². The van der Waals surface area contributed by atoms with Crippen molar-refractivity contribution in [2.24, 2.45) is 0 Å². The molecular weight excluding hydrogens is 196 g/mol. The van der Waals surface area contributed by atoms with Crippen molar-refractivity contribution in [3.8, 4) is 5.75 Å². The Labute approximate surface area is 89.8 Å². The fraction of sp³-hybridized carbons (Fsp3) is 0.500. The van der Waals surface area contributed by atoms with E-state index in [-0.39, 0.29) is 6.15 Å². The molecule has 0 fully saturated rings. The molecule has 0 spiro atoms. The lowest BCUT2D eigenvalue weighted by Crippen LogP contribution is -1.97. The molecule has 0 aliphatic rings. The second-order valence-corrected chi connectivity index (χ2v) is 3.79. The molecule has 0 radical (unpaired) electrons. The van der Waals surface area contributed by atoms with E-state index in [2.05, 4.69) is 11.9 Å². The lowest BCUT2D eigenvalue weighted by Gasteiger charge is -2.07. The van der Waals surface area contributed by atoms with Gasteiger partial charge in [0.2, 0.25) is 0 Å². The van der Waals surface area contributed by atoms with Crippen LogP contribution in [0.2, 0.25) is 0 Å². The molecule has 1 aromatic rings. The van der Waals surface area contributed by atoms with Crippen molar-refractivity contribution in [1.82, 2.24) is 11.1 Å². The van der Waals surface area contributed by atoms with E-state index < -0.39 is 0 Å². The summed E-state index contributed by atoms with van der Waals surface area (Å²) in [5.74, 6) is 2.97. The van der Waals surface area contributed by atoms with E-state index in [4.69, 9.17) is 4.74 Å². The lowest BCUT2D eigenvalue weighted by molar-refractivity contribution is 0.336. The summed E-state index contributed by atoms with van der Waals surface area (Å²) in [6, 6.07) is 3.88. The van der Waals surface area contributed by atoms with Gasteiger partial charge >= 0.3 is 0 Å². The van der Waals surface area contributed by atoms with Gasteiger partial charge in [-0.15, -0.1) is 0 Å². The molecule has 0 saturated heterocycles. The van der Waals surface area contributed by atoms with Crippen LogP contribution in [0.5, 0.6) is 5.75 Å². The molecule has 0 aromatic carbocycles. The van der Waals surface area contributed by atoms with E-state index in [1.807, 2.05) is 37.0 Å². The molecule has 1 rings (SSSR count). The van der Waals surface area contributed by atoms with Crippen molar-refractivity contribution in [1.29, 1.82) is 0 Å². The number of pyridine rings is 1. The summed E-state index contributed by atoms with van der Waals surface area (Å²) in [6.07, 6.45) is 1.81. The number of rotatable bonds is 5. The minimum atomic E-state index is 0. The minimum Gasteiger partial charge on any atom is -0.492 e. The number of ether oxygens (including phenoxy) is 1. The highest BCUT2D eigenvalue weighted by molar-refractivity contribution is 7.98. The summed E-state index contributed by atoms with van der Waals surface area (Å²) in [7, 11) is 0. The summed E-state index contributed by atoms with van der Waals surface area (Å²) >= 11 is 1.86. The van der Waals surface area contributed by atoms with E-state index >= 15 is 0 Å². The fourth-order valence-electron chi connectivity index (χ4n) is 1.02. The normalized spacial score (nSPS) is 9.29. The quantitative estimate of drug-likeness (QED) is 0.818. The molecule has 0 aliphatic carbocycles. The third kappa shape index (κ3) is 3.98. The van der Waals surface area contributed by atoms with Gasteiger partial charge in [0.15, 0.2) is 0 Å². The molecule has 0 saturated carbocycles. The van der Waals surface area contributed by atoms with Gasteiger partial charge in [0.1, 0.15) is 5.75 Å². The van der Waals surface area contributed by atoms with Crippen molar-refractivity contribution in [3.63, 3.8) is 0 Å². The van der Waals surface area contributed by atoms with E-state index in [0.717, 1.165) is 22.9 Å². The molecule has 14 heavy (non-hydrogen) atoms. The molecule has 0 bridgehead atoms.